The molecule has 2 aromatic rings. The highest BCUT2D eigenvalue weighted by Crippen LogP contribution is 2.30. The largest absolute Gasteiger partial charge is 0.312 e. The van der Waals surface area contributed by atoms with Crippen LogP contribution in [0.1, 0.15) is 36.6 Å². The monoisotopic (exact) mass is 358 g/mol. The quantitative estimate of drug-likeness (QED) is 0.914. The summed E-state index contributed by atoms with van der Waals surface area (Å²) in [5.41, 5.74) is 3.74. The van der Waals surface area contributed by atoms with Gasteiger partial charge < -0.3 is 4.90 Å². The number of anilines is 1. The van der Waals surface area contributed by atoms with Crippen LogP contribution in [0.25, 0.3) is 0 Å². The van der Waals surface area contributed by atoms with Gasteiger partial charge >= 0.3 is 0 Å². The fourth-order valence-electron chi connectivity index (χ4n) is 3.10. The number of nitrogens with one attached hydrogen (secondary N) is 1. The number of hydrogen-bond donors (Lipinski definition) is 1. The van der Waals surface area contributed by atoms with E-state index in [9.17, 15) is 13.2 Å². The summed E-state index contributed by atoms with van der Waals surface area (Å²) in [5.74, 6) is -0.0273. The molecule has 3 rings (SSSR count). The molecule has 0 aromatic heterocycles. The van der Waals surface area contributed by atoms with Gasteiger partial charge in [0.05, 0.1) is 4.90 Å². The molecule has 1 aliphatic rings. The maximum absolute atomic E-state index is 12.7. The minimum atomic E-state index is -3.63. The summed E-state index contributed by atoms with van der Waals surface area (Å²) in [6.07, 6.45) is 0.672. The van der Waals surface area contributed by atoms with Crippen molar-refractivity contribution in [2.75, 3.05) is 11.4 Å². The minimum absolute atomic E-state index is 0.0273. The SMILES string of the molecule is CC(=O)N1CCc2cc(S(=O)(=O)NC(C)c3ccc(C)cc3)ccc21. The number of sulfonamides is 1. The first-order chi connectivity index (χ1) is 11.8. The highest BCUT2D eigenvalue weighted by molar-refractivity contribution is 7.89. The Balaban J connectivity index is 1.83. The molecular formula is C19H22N2O3S. The number of fused-ring (bicyclic) bond motifs is 1. The van der Waals surface area contributed by atoms with Crippen LogP contribution in [0.15, 0.2) is 47.4 Å². The molecule has 0 radical (unpaired) electrons. The van der Waals surface area contributed by atoms with E-state index in [0.29, 0.717) is 13.0 Å². The molecule has 0 bridgehead atoms. The normalized spacial score (nSPS) is 15.1. The fourth-order valence-corrected chi connectivity index (χ4v) is 4.38. The van der Waals surface area contributed by atoms with E-state index >= 15 is 0 Å². The maximum Gasteiger partial charge on any atom is 0.241 e. The van der Waals surface area contributed by atoms with Crippen molar-refractivity contribution in [3.63, 3.8) is 0 Å². The predicted molar refractivity (Wildman–Crippen MR) is 98.1 cm³/mol. The molecule has 0 spiro atoms. The Morgan fingerprint density at radius 3 is 2.48 bits per heavy atom. The molecule has 0 saturated carbocycles. The summed E-state index contributed by atoms with van der Waals surface area (Å²) >= 11 is 0. The van der Waals surface area contributed by atoms with E-state index in [1.807, 2.05) is 38.1 Å². The molecule has 1 unspecified atom stereocenters. The molecule has 0 aliphatic carbocycles. The molecule has 132 valence electrons. The van der Waals surface area contributed by atoms with Crippen molar-refractivity contribution < 1.29 is 13.2 Å². The summed E-state index contributed by atoms with van der Waals surface area (Å²) in [7, 11) is -3.63. The Bertz CT molecular complexity index is 905. The summed E-state index contributed by atoms with van der Waals surface area (Å²) < 4.78 is 28.1. The van der Waals surface area contributed by atoms with Crippen molar-refractivity contribution in [2.24, 2.45) is 0 Å². The average molecular weight is 358 g/mol. The zero-order valence-electron chi connectivity index (χ0n) is 14.6. The van der Waals surface area contributed by atoms with Crippen molar-refractivity contribution in [3.05, 3.63) is 59.2 Å². The van der Waals surface area contributed by atoms with Crippen LogP contribution in [0.4, 0.5) is 5.69 Å². The van der Waals surface area contributed by atoms with Crippen molar-refractivity contribution >= 4 is 21.6 Å². The van der Waals surface area contributed by atoms with Gasteiger partial charge in [-0.1, -0.05) is 29.8 Å². The number of carbonyl (C=O) groups is 1. The summed E-state index contributed by atoms with van der Waals surface area (Å²) in [6.45, 7) is 5.94. The molecule has 1 amide bonds. The standard InChI is InChI=1S/C19H22N2O3S/c1-13-4-6-16(7-5-13)14(2)20-25(23,24)18-8-9-19-17(12-18)10-11-21(19)15(3)22/h4-9,12,14,20H,10-11H2,1-3H3. The van der Waals surface area contributed by atoms with Crippen molar-refractivity contribution in [3.8, 4) is 0 Å². The lowest BCUT2D eigenvalue weighted by molar-refractivity contribution is -0.116. The maximum atomic E-state index is 12.7. The molecule has 1 atom stereocenters. The second kappa shape index (κ2) is 6.61. The fraction of sp³-hybridized carbons (Fsp3) is 0.316. The Hall–Kier alpha value is -2.18. The van der Waals surface area contributed by atoms with Gasteiger partial charge in [0.2, 0.25) is 15.9 Å². The summed E-state index contributed by atoms with van der Waals surface area (Å²) in [5, 5.41) is 0. The van der Waals surface area contributed by atoms with Crippen molar-refractivity contribution in [2.45, 2.75) is 38.1 Å². The summed E-state index contributed by atoms with van der Waals surface area (Å²) in [6, 6.07) is 12.4. The third kappa shape index (κ3) is 3.60. The topological polar surface area (TPSA) is 66.5 Å². The molecule has 0 fully saturated rings. The number of aryl methyl sites for hydroxylation is 1. The Morgan fingerprint density at radius 1 is 1.16 bits per heavy atom. The van der Waals surface area contributed by atoms with E-state index in [-0.39, 0.29) is 16.8 Å². The first kappa shape index (κ1) is 17.6. The van der Waals surface area contributed by atoms with Gasteiger partial charge in [0.25, 0.3) is 0 Å². The smallest absolute Gasteiger partial charge is 0.241 e. The highest BCUT2D eigenvalue weighted by Gasteiger charge is 2.25. The zero-order valence-corrected chi connectivity index (χ0v) is 15.4. The minimum Gasteiger partial charge on any atom is -0.312 e. The molecule has 2 aromatic carbocycles. The molecule has 1 N–H and O–H groups in total. The lowest BCUT2D eigenvalue weighted by Crippen LogP contribution is -2.27. The van der Waals surface area contributed by atoms with Crippen LogP contribution in [-0.2, 0) is 21.2 Å². The molecule has 1 aliphatic heterocycles. The van der Waals surface area contributed by atoms with Gasteiger partial charge in [0.15, 0.2) is 0 Å². The molecule has 5 nitrogen and oxygen atoms in total. The average Bonchev–Trinajstić information content (AvgIpc) is 2.98. The lowest BCUT2D eigenvalue weighted by atomic mass is 10.1. The van der Waals surface area contributed by atoms with Gasteiger partial charge in [-0.05, 0) is 49.6 Å². The predicted octanol–water partition coefficient (Wildman–Crippen LogP) is 2.94. The number of amides is 1. The van der Waals surface area contributed by atoms with Gasteiger partial charge in [0, 0.05) is 25.2 Å². The van der Waals surface area contributed by atoms with Gasteiger partial charge in [-0.2, -0.15) is 0 Å². The molecule has 1 heterocycles. The number of benzene rings is 2. The van der Waals surface area contributed by atoms with Crippen LogP contribution in [0.3, 0.4) is 0 Å². The third-order valence-corrected chi connectivity index (χ3v) is 6.08. The Labute approximate surface area is 148 Å². The number of hydrogen-bond acceptors (Lipinski definition) is 3. The van der Waals surface area contributed by atoms with Crippen molar-refractivity contribution in [1.29, 1.82) is 0 Å². The second-order valence-corrected chi connectivity index (χ2v) is 8.18. The molecule has 25 heavy (non-hydrogen) atoms. The Morgan fingerprint density at radius 2 is 1.84 bits per heavy atom. The van der Waals surface area contributed by atoms with E-state index in [2.05, 4.69) is 4.72 Å². The Kier molecular flexibility index (Phi) is 4.67. The van der Waals surface area contributed by atoms with E-state index in [0.717, 1.165) is 22.4 Å². The van der Waals surface area contributed by atoms with Gasteiger partial charge in [-0.3, -0.25) is 4.79 Å². The first-order valence-electron chi connectivity index (χ1n) is 8.28. The van der Waals surface area contributed by atoms with Gasteiger partial charge in [-0.25, -0.2) is 13.1 Å². The van der Waals surface area contributed by atoms with Crippen LogP contribution in [0.2, 0.25) is 0 Å². The van der Waals surface area contributed by atoms with Crippen LogP contribution in [-0.4, -0.2) is 20.9 Å². The lowest BCUT2D eigenvalue weighted by Gasteiger charge is -2.17. The molecule has 6 heteroatoms. The first-order valence-corrected chi connectivity index (χ1v) is 9.76. The van der Waals surface area contributed by atoms with E-state index < -0.39 is 10.0 Å². The summed E-state index contributed by atoms with van der Waals surface area (Å²) in [4.78, 5) is 13.5. The van der Waals surface area contributed by atoms with Crippen LogP contribution >= 0.6 is 0 Å². The third-order valence-electron chi connectivity index (χ3n) is 4.55. The number of rotatable bonds is 4. The van der Waals surface area contributed by atoms with E-state index in [1.54, 1.807) is 23.1 Å². The van der Waals surface area contributed by atoms with Crippen LogP contribution < -0.4 is 9.62 Å². The highest BCUT2D eigenvalue weighted by atomic mass is 32.2. The molecular weight excluding hydrogens is 336 g/mol. The van der Waals surface area contributed by atoms with Crippen LogP contribution in [0, 0.1) is 6.92 Å². The van der Waals surface area contributed by atoms with Crippen LogP contribution in [0.5, 0.6) is 0 Å². The number of nitrogens with zero attached hydrogens (tertiary/aromatic N) is 1. The van der Waals surface area contributed by atoms with Gasteiger partial charge in [0.1, 0.15) is 0 Å². The van der Waals surface area contributed by atoms with E-state index in [1.165, 1.54) is 6.92 Å². The van der Waals surface area contributed by atoms with Crippen molar-refractivity contribution in [1.82, 2.24) is 4.72 Å². The van der Waals surface area contributed by atoms with E-state index in [4.69, 9.17) is 0 Å². The zero-order chi connectivity index (χ0) is 18.2. The second-order valence-electron chi connectivity index (χ2n) is 6.46. The van der Waals surface area contributed by atoms with Gasteiger partial charge in [-0.15, -0.1) is 0 Å². The molecule has 0 saturated heterocycles. The number of carbonyl (C=O) groups excluding carboxylic acids is 1.